The quantitative estimate of drug-likeness (QED) is 0.677. The van der Waals surface area contributed by atoms with Crippen LogP contribution >= 0.6 is 0 Å². The lowest BCUT2D eigenvalue weighted by Gasteiger charge is -2.32. The van der Waals surface area contributed by atoms with Gasteiger partial charge in [0.1, 0.15) is 6.17 Å². The van der Waals surface area contributed by atoms with Gasteiger partial charge in [-0.2, -0.15) is 8.78 Å². The average Bonchev–Trinajstić information content (AvgIpc) is 3.50. The highest BCUT2D eigenvalue weighted by Crippen LogP contribution is 2.39. The maximum atomic E-state index is 13.9. The van der Waals surface area contributed by atoms with Crippen LogP contribution in [0.4, 0.5) is 24.9 Å². The van der Waals surface area contributed by atoms with Crippen molar-refractivity contribution in [2.75, 3.05) is 50.0 Å². The predicted molar refractivity (Wildman–Crippen MR) is 121 cm³/mol. The van der Waals surface area contributed by atoms with Gasteiger partial charge in [0, 0.05) is 49.0 Å². The zero-order valence-electron chi connectivity index (χ0n) is 18.9. The van der Waals surface area contributed by atoms with E-state index in [2.05, 4.69) is 19.6 Å². The molecule has 2 saturated heterocycles. The number of halogens is 3. The van der Waals surface area contributed by atoms with Crippen LogP contribution in [0, 0.1) is 0 Å². The predicted octanol–water partition coefficient (Wildman–Crippen LogP) is 3.24. The van der Waals surface area contributed by atoms with Crippen molar-refractivity contribution >= 4 is 11.8 Å². The Bertz CT molecular complexity index is 1010. The Morgan fingerprint density at radius 1 is 1.09 bits per heavy atom. The van der Waals surface area contributed by atoms with Gasteiger partial charge in [-0.05, 0) is 37.8 Å². The van der Waals surface area contributed by atoms with Crippen LogP contribution in [0.25, 0.3) is 11.3 Å². The third-order valence-electron chi connectivity index (χ3n) is 6.93. The molecule has 0 bridgehead atoms. The number of anilines is 2. The second-order valence-corrected chi connectivity index (χ2v) is 9.11. The highest BCUT2D eigenvalue weighted by molar-refractivity contribution is 5.65. The Morgan fingerprint density at radius 3 is 2.65 bits per heavy atom. The van der Waals surface area contributed by atoms with Gasteiger partial charge in [0.2, 0.25) is 5.95 Å². The van der Waals surface area contributed by atoms with Gasteiger partial charge < -0.3 is 20.1 Å². The third kappa shape index (κ3) is 5.05. The number of alkyl halides is 3. The minimum Gasteiger partial charge on any atom is -0.431 e. The fraction of sp³-hybridized carbons (Fsp3) is 0.609. The summed E-state index contributed by atoms with van der Waals surface area (Å²) in [6.07, 6.45) is 4.03. The molecule has 8 nitrogen and oxygen atoms in total. The van der Waals surface area contributed by atoms with Gasteiger partial charge >= 0.3 is 6.61 Å². The number of morpholine rings is 1. The number of nitrogen functional groups attached to an aromatic ring is 1. The van der Waals surface area contributed by atoms with Crippen LogP contribution in [-0.4, -0.2) is 78.1 Å². The zero-order valence-corrected chi connectivity index (χ0v) is 18.9. The van der Waals surface area contributed by atoms with Gasteiger partial charge in [0.15, 0.2) is 11.6 Å². The van der Waals surface area contributed by atoms with Crippen molar-refractivity contribution in [1.82, 2.24) is 19.9 Å². The van der Waals surface area contributed by atoms with Gasteiger partial charge in [-0.3, -0.25) is 4.90 Å². The molecule has 0 spiro atoms. The van der Waals surface area contributed by atoms with E-state index in [1.807, 2.05) is 11.0 Å². The molecule has 4 heterocycles. The lowest BCUT2D eigenvalue weighted by Crippen LogP contribution is -2.42. The van der Waals surface area contributed by atoms with Crippen molar-refractivity contribution in [3.05, 3.63) is 24.0 Å². The summed E-state index contributed by atoms with van der Waals surface area (Å²) in [4.78, 5) is 17.8. The summed E-state index contributed by atoms with van der Waals surface area (Å²) in [5, 5.41) is 0. The average molecular weight is 479 g/mol. The number of rotatable bonds is 6. The number of nitrogens with two attached hydrogens (primary N) is 1. The molecule has 0 amide bonds. The third-order valence-corrected chi connectivity index (χ3v) is 6.93. The van der Waals surface area contributed by atoms with E-state index in [4.69, 9.17) is 15.5 Å². The SMILES string of the molecule is Nc1ncc(-c2cc([C@H]3CC[C@H](N4CCOCC4)C3)nc(N3CC[C@H](F)C3)n2)cc1OC(F)F. The maximum Gasteiger partial charge on any atom is 0.387 e. The molecule has 0 aromatic carbocycles. The Hall–Kier alpha value is -2.66. The summed E-state index contributed by atoms with van der Waals surface area (Å²) >= 11 is 0. The molecule has 2 aromatic heterocycles. The Kier molecular flexibility index (Phi) is 6.73. The summed E-state index contributed by atoms with van der Waals surface area (Å²) < 4.78 is 49.6. The van der Waals surface area contributed by atoms with E-state index in [9.17, 15) is 13.2 Å². The van der Waals surface area contributed by atoms with E-state index in [1.165, 1.54) is 12.3 Å². The Labute approximate surface area is 196 Å². The summed E-state index contributed by atoms with van der Waals surface area (Å²) in [6, 6.07) is 3.78. The van der Waals surface area contributed by atoms with E-state index < -0.39 is 12.8 Å². The number of hydrogen-bond acceptors (Lipinski definition) is 8. The van der Waals surface area contributed by atoms with E-state index in [1.54, 1.807) is 0 Å². The summed E-state index contributed by atoms with van der Waals surface area (Å²) in [5.41, 5.74) is 7.62. The molecule has 3 aliphatic rings. The van der Waals surface area contributed by atoms with Crippen LogP contribution in [0.5, 0.6) is 5.75 Å². The molecule has 3 fully saturated rings. The molecule has 2 N–H and O–H groups in total. The summed E-state index contributed by atoms with van der Waals surface area (Å²) in [6.45, 7) is 1.15. The molecule has 11 heteroatoms. The molecule has 34 heavy (non-hydrogen) atoms. The van der Waals surface area contributed by atoms with Crippen molar-refractivity contribution in [2.45, 2.75) is 50.4 Å². The first kappa shape index (κ1) is 23.1. The van der Waals surface area contributed by atoms with Gasteiger partial charge in [0.05, 0.1) is 25.5 Å². The largest absolute Gasteiger partial charge is 0.431 e. The fourth-order valence-electron chi connectivity index (χ4n) is 5.14. The van der Waals surface area contributed by atoms with Crippen molar-refractivity contribution in [3.8, 4) is 17.0 Å². The number of hydrogen-bond donors (Lipinski definition) is 1. The second-order valence-electron chi connectivity index (χ2n) is 9.11. The first-order valence-corrected chi connectivity index (χ1v) is 11.8. The number of nitrogens with zero attached hydrogens (tertiary/aromatic N) is 5. The maximum absolute atomic E-state index is 13.9. The highest BCUT2D eigenvalue weighted by Gasteiger charge is 2.33. The minimum absolute atomic E-state index is 0.123. The van der Waals surface area contributed by atoms with Crippen LogP contribution in [0.15, 0.2) is 18.3 Å². The van der Waals surface area contributed by atoms with Gasteiger partial charge in [-0.1, -0.05) is 0 Å². The van der Waals surface area contributed by atoms with Crippen LogP contribution in [0.3, 0.4) is 0 Å². The minimum atomic E-state index is -3.02. The second kappa shape index (κ2) is 9.91. The van der Waals surface area contributed by atoms with Crippen molar-refractivity contribution in [3.63, 3.8) is 0 Å². The number of aromatic nitrogens is 3. The van der Waals surface area contributed by atoms with Crippen molar-refractivity contribution < 1.29 is 22.6 Å². The molecular weight excluding hydrogens is 449 g/mol. The Morgan fingerprint density at radius 2 is 1.91 bits per heavy atom. The van der Waals surface area contributed by atoms with E-state index in [0.29, 0.717) is 36.2 Å². The molecular formula is C23H29F3N6O2. The van der Waals surface area contributed by atoms with Gasteiger partial charge in [-0.15, -0.1) is 0 Å². The van der Waals surface area contributed by atoms with Gasteiger partial charge in [-0.25, -0.2) is 19.3 Å². The van der Waals surface area contributed by atoms with E-state index >= 15 is 0 Å². The fourth-order valence-corrected chi connectivity index (χ4v) is 5.14. The molecule has 1 saturated carbocycles. The molecule has 0 radical (unpaired) electrons. The van der Waals surface area contributed by atoms with Crippen LogP contribution in [0.1, 0.15) is 37.3 Å². The first-order chi connectivity index (χ1) is 16.5. The standard InChI is InChI=1S/C23H29F3N6O2/c24-16-3-4-32(13-16)23-29-18(14-1-2-17(9-14)31-5-7-33-8-6-31)11-19(30-23)15-10-20(34-22(25)26)21(27)28-12-15/h10-12,14,16-17,22H,1-9,13H2,(H2,27,28)/t14-,16-,17-/m0/s1. The highest BCUT2D eigenvalue weighted by atomic mass is 19.3. The van der Waals surface area contributed by atoms with Crippen molar-refractivity contribution in [2.24, 2.45) is 0 Å². The first-order valence-electron chi connectivity index (χ1n) is 11.8. The molecule has 184 valence electrons. The van der Waals surface area contributed by atoms with E-state index in [0.717, 1.165) is 51.3 Å². The summed E-state index contributed by atoms with van der Waals surface area (Å²) in [5.74, 6) is 0.362. The van der Waals surface area contributed by atoms with Crippen LogP contribution in [-0.2, 0) is 4.74 Å². The zero-order chi connectivity index (χ0) is 23.7. The molecule has 2 aliphatic heterocycles. The Balaban J connectivity index is 1.46. The lowest BCUT2D eigenvalue weighted by molar-refractivity contribution is -0.0494. The molecule has 3 atom stereocenters. The topological polar surface area (TPSA) is 89.6 Å². The molecule has 0 unspecified atom stereocenters. The number of pyridine rings is 1. The monoisotopic (exact) mass is 478 g/mol. The van der Waals surface area contributed by atoms with Crippen LogP contribution in [0.2, 0.25) is 0 Å². The molecule has 1 aliphatic carbocycles. The number of ether oxygens (including phenoxy) is 2. The lowest BCUT2D eigenvalue weighted by atomic mass is 10.0. The van der Waals surface area contributed by atoms with E-state index in [-0.39, 0.29) is 24.0 Å². The van der Waals surface area contributed by atoms with Crippen molar-refractivity contribution in [1.29, 1.82) is 0 Å². The molecule has 2 aromatic rings. The van der Waals surface area contributed by atoms with Crippen LogP contribution < -0.4 is 15.4 Å². The molecule has 5 rings (SSSR count). The summed E-state index contributed by atoms with van der Waals surface area (Å²) in [7, 11) is 0. The normalized spacial score (nSPS) is 25.9. The van der Waals surface area contributed by atoms with Gasteiger partial charge in [0.25, 0.3) is 0 Å². The smallest absolute Gasteiger partial charge is 0.387 e.